The molecule has 9 heteroatoms. The number of nitrogens with zero attached hydrogens (tertiary/aromatic N) is 1. The summed E-state index contributed by atoms with van der Waals surface area (Å²) in [5.74, 6) is -0.536. The third-order valence-electron chi connectivity index (χ3n) is 5.21. The Morgan fingerprint density at radius 2 is 1.87 bits per heavy atom. The van der Waals surface area contributed by atoms with Crippen LogP contribution < -0.4 is 0 Å². The normalized spacial score (nSPS) is 19.4. The van der Waals surface area contributed by atoms with Gasteiger partial charge >= 0.3 is 6.18 Å². The highest BCUT2D eigenvalue weighted by Gasteiger charge is 2.36. The molecule has 3 rings (SSSR count). The molecule has 2 aromatic carbocycles. The largest absolute Gasteiger partial charge is 0.416 e. The summed E-state index contributed by atoms with van der Waals surface area (Å²) < 4.78 is 68.2. The minimum Gasteiger partial charge on any atom is -0.371 e. The zero-order valence-corrected chi connectivity index (χ0v) is 17.6. The second-order valence-corrected chi connectivity index (χ2v) is 9.46. The first-order chi connectivity index (χ1) is 14.5. The van der Waals surface area contributed by atoms with Crippen LogP contribution in [0.5, 0.6) is 0 Å². The summed E-state index contributed by atoms with van der Waals surface area (Å²) in [4.78, 5) is 13.8. The monoisotopic (exact) mass is 453 g/mol. The van der Waals surface area contributed by atoms with Gasteiger partial charge in [0.15, 0.2) is 9.84 Å². The number of halogens is 3. The number of amides is 1. The number of sulfone groups is 1. The molecule has 0 radical (unpaired) electrons. The van der Waals surface area contributed by atoms with E-state index in [2.05, 4.69) is 6.58 Å². The third-order valence-corrected chi connectivity index (χ3v) is 6.34. The van der Waals surface area contributed by atoms with Gasteiger partial charge < -0.3 is 9.64 Å². The average Bonchev–Trinajstić information content (AvgIpc) is 3.15. The van der Waals surface area contributed by atoms with Crippen molar-refractivity contribution in [3.05, 3.63) is 77.9 Å². The van der Waals surface area contributed by atoms with Crippen LogP contribution in [-0.4, -0.2) is 44.7 Å². The van der Waals surface area contributed by atoms with Crippen molar-refractivity contribution >= 4 is 15.7 Å². The number of ether oxygens (including phenoxy) is 1. The van der Waals surface area contributed by atoms with Gasteiger partial charge in [0.2, 0.25) is 5.91 Å². The molecule has 1 aliphatic rings. The fourth-order valence-electron chi connectivity index (χ4n) is 3.57. The zero-order chi connectivity index (χ0) is 22.8. The van der Waals surface area contributed by atoms with Crippen LogP contribution in [0.2, 0.25) is 0 Å². The maximum Gasteiger partial charge on any atom is 0.416 e. The molecule has 0 aliphatic carbocycles. The molecule has 2 atom stereocenters. The maximum atomic E-state index is 13.0. The van der Waals surface area contributed by atoms with E-state index in [0.717, 1.165) is 24.0 Å². The molecule has 0 unspecified atom stereocenters. The van der Waals surface area contributed by atoms with Gasteiger partial charge in [0.25, 0.3) is 0 Å². The molecular weight excluding hydrogens is 431 g/mol. The lowest BCUT2D eigenvalue weighted by Gasteiger charge is -2.20. The van der Waals surface area contributed by atoms with Gasteiger partial charge in [0, 0.05) is 25.3 Å². The predicted octanol–water partition coefficient (Wildman–Crippen LogP) is 3.81. The standard InChI is InChI=1S/C22H22F3NO4S/c1-3-21(27)26-12-19(16-7-9-18(10-8-16)31(2,28)29)20(13-26)30-14-15-5-4-6-17(11-15)22(23,24)25/h3-11,19-20H,1,12-14H2,2H3/t19-,20+/m0/s1. The number of hydrogen-bond donors (Lipinski definition) is 0. The summed E-state index contributed by atoms with van der Waals surface area (Å²) in [6, 6.07) is 11.2. The van der Waals surface area contributed by atoms with Crippen LogP contribution in [0, 0.1) is 0 Å². The van der Waals surface area contributed by atoms with Crippen molar-refractivity contribution in [3.63, 3.8) is 0 Å². The summed E-state index contributed by atoms with van der Waals surface area (Å²) >= 11 is 0. The fraction of sp³-hybridized carbons (Fsp3) is 0.318. The Morgan fingerprint density at radius 3 is 2.45 bits per heavy atom. The van der Waals surface area contributed by atoms with E-state index < -0.39 is 27.7 Å². The van der Waals surface area contributed by atoms with E-state index in [1.54, 1.807) is 23.1 Å². The van der Waals surface area contributed by atoms with Gasteiger partial charge in [-0.25, -0.2) is 8.42 Å². The fourth-order valence-corrected chi connectivity index (χ4v) is 4.21. The van der Waals surface area contributed by atoms with Crippen molar-refractivity contribution in [1.82, 2.24) is 4.90 Å². The second kappa shape index (κ2) is 8.84. The quantitative estimate of drug-likeness (QED) is 0.624. The Hall–Kier alpha value is -2.65. The number of rotatable bonds is 6. The molecular formula is C22H22F3NO4S. The van der Waals surface area contributed by atoms with Gasteiger partial charge in [-0.05, 0) is 41.5 Å². The second-order valence-electron chi connectivity index (χ2n) is 7.44. The third kappa shape index (κ3) is 5.54. The molecule has 1 amide bonds. The molecule has 1 aliphatic heterocycles. The molecule has 2 aromatic rings. The van der Waals surface area contributed by atoms with Gasteiger partial charge in [-0.15, -0.1) is 0 Å². The van der Waals surface area contributed by atoms with E-state index in [4.69, 9.17) is 4.74 Å². The summed E-state index contributed by atoms with van der Waals surface area (Å²) in [6.07, 6.45) is -2.61. The van der Waals surface area contributed by atoms with E-state index in [1.165, 1.54) is 24.3 Å². The highest BCUT2D eigenvalue weighted by Crippen LogP contribution is 2.33. The molecule has 1 heterocycles. The summed E-state index contributed by atoms with van der Waals surface area (Å²) in [7, 11) is -3.35. The Balaban J connectivity index is 1.80. The minimum absolute atomic E-state index is 0.0529. The van der Waals surface area contributed by atoms with E-state index >= 15 is 0 Å². The topological polar surface area (TPSA) is 63.7 Å². The summed E-state index contributed by atoms with van der Waals surface area (Å²) in [5.41, 5.74) is 0.395. The molecule has 0 saturated carbocycles. The molecule has 0 bridgehead atoms. The molecule has 0 N–H and O–H groups in total. The maximum absolute atomic E-state index is 13.0. The van der Waals surface area contributed by atoms with Crippen LogP contribution >= 0.6 is 0 Å². The SMILES string of the molecule is C=CC(=O)N1C[C@@H](OCc2cccc(C(F)(F)F)c2)[C@H](c2ccc(S(C)(=O)=O)cc2)C1. The van der Waals surface area contributed by atoms with Crippen molar-refractivity contribution in [2.75, 3.05) is 19.3 Å². The molecule has 5 nitrogen and oxygen atoms in total. The Labute approximate surface area is 179 Å². The van der Waals surface area contributed by atoms with E-state index in [0.29, 0.717) is 12.1 Å². The number of hydrogen-bond acceptors (Lipinski definition) is 4. The highest BCUT2D eigenvalue weighted by atomic mass is 32.2. The minimum atomic E-state index is -4.44. The van der Waals surface area contributed by atoms with Crippen LogP contribution in [0.1, 0.15) is 22.6 Å². The van der Waals surface area contributed by atoms with Gasteiger partial charge in [-0.3, -0.25) is 4.79 Å². The molecule has 1 saturated heterocycles. The number of carbonyl (C=O) groups is 1. The number of likely N-dealkylation sites (tertiary alicyclic amines) is 1. The van der Waals surface area contributed by atoms with E-state index in [9.17, 15) is 26.4 Å². The molecule has 1 fully saturated rings. The lowest BCUT2D eigenvalue weighted by Crippen LogP contribution is -2.28. The van der Waals surface area contributed by atoms with Crippen LogP contribution in [-0.2, 0) is 32.2 Å². The van der Waals surface area contributed by atoms with Gasteiger partial charge in [-0.1, -0.05) is 30.8 Å². The lowest BCUT2D eigenvalue weighted by atomic mass is 9.96. The molecule has 0 spiro atoms. The summed E-state index contributed by atoms with van der Waals surface area (Å²) in [6.45, 7) is 4.02. The predicted molar refractivity (Wildman–Crippen MR) is 109 cm³/mol. The number of benzene rings is 2. The van der Waals surface area contributed by atoms with Gasteiger partial charge in [-0.2, -0.15) is 13.2 Å². The smallest absolute Gasteiger partial charge is 0.371 e. The van der Waals surface area contributed by atoms with Crippen molar-refractivity contribution in [1.29, 1.82) is 0 Å². The van der Waals surface area contributed by atoms with Crippen LogP contribution in [0.15, 0.2) is 66.1 Å². The first-order valence-electron chi connectivity index (χ1n) is 9.48. The summed E-state index contributed by atoms with van der Waals surface area (Å²) in [5, 5.41) is 0. The average molecular weight is 453 g/mol. The highest BCUT2D eigenvalue weighted by molar-refractivity contribution is 7.90. The number of alkyl halides is 3. The van der Waals surface area contributed by atoms with Crippen molar-refractivity contribution in [2.45, 2.75) is 29.7 Å². The van der Waals surface area contributed by atoms with Crippen molar-refractivity contribution < 1.29 is 31.1 Å². The Kier molecular flexibility index (Phi) is 6.56. The van der Waals surface area contributed by atoms with Gasteiger partial charge in [0.1, 0.15) is 0 Å². The zero-order valence-electron chi connectivity index (χ0n) is 16.8. The van der Waals surface area contributed by atoms with Gasteiger partial charge in [0.05, 0.1) is 23.2 Å². The van der Waals surface area contributed by atoms with Crippen LogP contribution in [0.25, 0.3) is 0 Å². The first kappa shape index (κ1) is 23.0. The van der Waals surface area contributed by atoms with Crippen LogP contribution in [0.4, 0.5) is 13.2 Å². The Bertz CT molecular complexity index is 1060. The van der Waals surface area contributed by atoms with Crippen LogP contribution in [0.3, 0.4) is 0 Å². The molecule has 166 valence electrons. The first-order valence-corrected chi connectivity index (χ1v) is 11.4. The van der Waals surface area contributed by atoms with Crippen molar-refractivity contribution in [3.8, 4) is 0 Å². The lowest BCUT2D eigenvalue weighted by molar-refractivity contribution is -0.137. The van der Waals surface area contributed by atoms with E-state index in [-0.39, 0.29) is 29.9 Å². The Morgan fingerprint density at radius 1 is 1.19 bits per heavy atom. The van der Waals surface area contributed by atoms with Crippen molar-refractivity contribution in [2.24, 2.45) is 0 Å². The molecule has 31 heavy (non-hydrogen) atoms. The molecule has 0 aromatic heterocycles. The van der Waals surface area contributed by atoms with E-state index in [1.807, 2.05) is 0 Å². The number of carbonyl (C=O) groups excluding carboxylic acids is 1.